The minimum absolute atomic E-state index is 0.155. The predicted molar refractivity (Wildman–Crippen MR) is 163 cm³/mol. The summed E-state index contributed by atoms with van der Waals surface area (Å²) in [5, 5.41) is 12.0. The van der Waals surface area contributed by atoms with Crippen LogP contribution in [-0.2, 0) is 26.9 Å². The molecule has 0 N–H and O–H groups in total. The average molecular weight is 615 g/mol. The molecule has 42 heavy (non-hydrogen) atoms. The topological polar surface area (TPSA) is 118 Å². The highest BCUT2D eigenvalue weighted by Gasteiger charge is 2.31. The van der Waals surface area contributed by atoms with E-state index in [1.54, 1.807) is 35.6 Å². The Morgan fingerprint density at radius 3 is 2.14 bits per heavy atom. The number of piperidine rings is 2. The number of benzene rings is 2. The van der Waals surface area contributed by atoms with Crippen molar-refractivity contribution in [2.24, 2.45) is 18.9 Å². The molecule has 0 unspecified atom stereocenters. The van der Waals surface area contributed by atoms with Gasteiger partial charge in [0.2, 0.25) is 15.8 Å². The van der Waals surface area contributed by atoms with E-state index in [0.717, 1.165) is 57.3 Å². The summed E-state index contributed by atoms with van der Waals surface area (Å²) in [5.74, 6) is 1.92. The van der Waals surface area contributed by atoms with Crippen LogP contribution in [0, 0.1) is 11.8 Å². The molecule has 2 fully saturated rings. The molecule has 2 aliphatic rings. The SMILES string of the molecule is Cn1nnc(-c2ccc(S(=O)(=O)CCC3CCN(CC[C@@H](c4ccccc4)C4CCN(S(C)(=O)=O)CC4)CC3)cc2)n1. The molecule has 3 heterocycles. The maximum Gasteiger partial charge on any atom is 0.211 e. The molecule has 0 aliphatic carbocycles. The minimum Gasteiger partial charge on any atom is -0.303 e. The number of likely N-dealkylation sites (tertiary alicyclic amines) is 1. The molecule has 2 aromatic carbocycles. The number of aryl methyl sites for hydroxylation is 1. The minimum atomic E-state index is -3.36. The number of aromatic nitrogens is 4. The quantitative estimate of drug-likeness (QED) is 0.322. The third-order valence-electron chi connectivity index (χ3n) is 9.00. The standard InChI is InChI=1S/C30H42N6O4S2/c1-34-32-30(31-33-34)27-8-10-28(11-9-27)42(39,40)23-17-24-12-18-35(19-13-24)20-16-29(25-6-4-3-5-7-25)26-14-21-36(22-15-26)41(2,37)38/h3-11,24,26,29H,12-23H2,1-2H3/t29-/m0/s1. The zero-order chi connectivity index (χ0) is 29.7. The highest BCUT2D eigenvalue weighted by molar-refractivity contribution is 7.91. The smallest absolute Gasteiger partial charge is 0.211 e. The molecular weight excluding hydrogens is 573 g/mol. The molecule has 10 nitrogen and oxygen atoms in total. The van der Waals surface area contributed by atoms with Gasteiger partial charge in [0.15, 0.2) is 9.84 Å². The van der Waals surface area contributed by atoms with Crippen molar-refractivity contribution in [3.05, 3.63) is 60.2 Å². The van der Waals surface area contributed by atoms with Crippen molar-refractivity contribution < 1.29 is 16.8 Å². The van der Waals surface area contributed by atoms with Gasteiger partial charge in [0, 0.05) is 18.7 Å². The molecule has 0 bridgehead atoms. The second-order valence-electron chi connectivity index (χ2n) is 11.8. The lowest BCUT2D eigenvalue weighted by atomic mass is 9.78. The van der Waals surface area contributed by atoms with Gasteiger partial charge < -0.3 is 4.90 Å². The van der Waals surface area contributed by atoms with E-state index in [1.165, 1.54) is 16.6 Å². The van der Waals surface area contributed by atoms with Crippen molar-refractivity contribution in [2.75, 3.05) is 44.7 Å². The van der Waals surface area contributed by atoms with Crippen LogP contribution in [0.1, 0.15) is 50.0 Å². The Bertz CT molecular complexity index is 1510. The van der Waals surface area contributed by atoms with Crippen molar-refractivity contribution >= 4 is 19.9 Å². The highest BCUT2D eigenvalue weighted by atomic mass is 32.2. The predicted octanol–water partition coefficient (Wildman–Crippen LogP) is 3.60. The lowest BCUT2D eigenvalue weighted by Crippen LogP contribution is -2.40. The first-order valence-electron chi connectivity index (χ1n) is 14.9. The van der Waals surface area contributed by atoms with Crippen LogP contribution in [0.3, 0.4) is 0 Å². The summed E-state index contributed by atoms with van der Waals surface area (Å²) in [6.07, 6.45) is 6.83. The summed E-state index contributed by atoms with van der Waals surface area (Å²) in [4.78, 5) is 4.23. The van der Waals surface area contributed by atoms with Crippen LogP contribution in [0.4, 0.5) is 0 Å². The largest absolute Gasteiger partial charge is 0.303 e. The van der Waals surface area contributed by atoms with Crippen LogP contribution in [0.25, 0.3) is 11.4 Å². The van der Waals surface area contributed by atoms with Gasteiger partial charge in [-0.1, -0.05) is 30.3 Å². The van der Waals surface area contributed by atoms with Gasteiger partial charge in [-0.15, -0.1) is 10.2 Å². The van der Waals surface area contributed by atoms with E-state index in [9.17, 15) is 16.8 Å². The molecule has 0 radical (unpaired) electrons. The number of rotatable bonds is 11. The summed E-state index contributed by atoms with van der Waals surface area (Å²) < 4.78 is 51.7. The molecule has 12 heteroatoms. The van der Waals surface area contributed by atoms with Crippen LogP contribution in [-0.4, -0.2) is 91.0 Å². The maximum absolute atomic E-state index is 13.0. The molecule has 1 aromatic heterocycles. The fourth-order valence-electron chi connectivity index (χ4n) is 6.46. The van der Waals surface area contributed by atoms with Gasteiger partial charge in [-0.05, 0) is 111 Å². The number of sulfonamides is 1. The molecule has 1 atom stereocenters. The van der Waals surface area contributed by atoms with Gasteiger partial charge >= 0.3 is 0 Å². The normalized spacial score (nSPS) is 19.2. The summed E-state index contributed by atoms with van der Waals surface area (Å²) in [6.45, 7) is 4.18. The van der Waals surface area contributed by atoms with Gasteiger partial charge in [-0.3, -0.25) is 0 Å². The van der Waals surface area contributed by atoms with Gasteiger partial charge in [0.1, 0.15) is 0 Å². The maximum atomic E-state index is 13.0. The van der Waals surface area contributed by atoms with Crippen LogP contribution >= 0.6 is 0 Å². The van der Waals surface area contributed by atoms with Crippen molar-refractivity contribution in [1.82, 2.24) is 29.4 Å². The number of tetrazole rings is 1. The number of hydrogen-bond donors (Lipinski definition) is 0. The molecule has 2 saturated heterocycles. The lowest BCUT2D eigenvalue weighted by molar-refractivity contribution is 0.164. The molecule has 0 spiro atoms. The van der Waals surface area contributed by atoms with E-state index in [4.69, 9.17) is 0 Å². The second-order valence-corrected chi connectivity index (χ2v) is 15.9. The first-order valence-corrected chi connectivity index (χ1v) is 18.4. The first-order chi connectivity index (χ1) is 20.1. The van der Waals surface area contributed by atoms with E-state index in [-0.39, 0.29) is 5.75 Å². The fourth-order valence-corrected chi connectivity index (χ4v) is 8.76. The van der Waals surface area contributed by atoms with Crippen LogP contribution in [0.15, 0.2) is 59.5 Å². The Kier molecular flexibility index (Phi) is 9.76. The molecule has 2 aliphatic heterocycles. The molecule has 3 aromatic rings. The molecule has 0 amide bonds. The number of nitrogens with zero attached hydrogens (tertiary/aromatic N) is 6. The third-order valence-corrected chi connectivity index (χ3v) is 12.1. The van der Waals surface area contributed by atoms with E-state index in [1.807, 2.05) is 6.07 Å². The second kappa shape index (κ2) is 13.3. The molecule has 5 rings (SSSR count). The van der Waals surface area contributed by atoms with Crippen molar-refractivity contribution in [2.45, 2.75) is 49.3 Å². The Morgan fingerprint density at radius 2 is 1.55 bits per heavy atom. The van der Waals surface area contributed by atoms with E-state index >= 15 is 0 Å². The number of hydrogen-bond acceptors (Lipinski definition) is 8. The van der Waals surface area contributed by atoms with Gasteiger partial charge in [0.25, 0.3) is 0 Å². The van der Waals surface area contributed by atoms with Crippen molar-refractivity contribution in [3.63, 3.8) is 0 Å². The van der Waals surface area contributed by atoms with E-state index in [0.29, 0.717) is 48.0 Å². The first kappa shape index (κ1) is 30.8. The monoisotopic (exact) mass is 614 g/mol. The zero-order valence-corrected chi connectivity index (χ0v) is 26.2. The Labute approximate surface area is 250 Å². The Hall–Kier alpha value is -2.67. The third kappa shape index (κ3) is 7.83. The van der Waals surface area contributed by atoms with Crippen molar-refractivity contribution in [1.29, 1.82) is 0 Å². The highest BCUT2D eigenvalue weighted by Crippen LogP contribution is 2.36. The molecule has 228 valence electrons. The van der Waals surface area contributed by atoms with E-state index < -0.39 is 19.9 Å². The van der Waals surface area contributed by atoms with Gasteiger partial charge in [-0.2, -0.15) is 4.80 Å². The molecular formula is C30H42N6O4S2. The van der Waals surface area contributed by atoms with Gasteiger partial charge in [0.05, 0.1) is 24.0 Å². The summed E-state index contributed by atoms with van der Waals surface area (Å²) in [6, 6.07) is 17.4. The van der Waals surface area contributed by atoms with Gasteiger partial charge in [-0.25, -0.2) is 21.1 Å². The average Bonchev–Trinajstić information content (AvgIpc) is 3.43. The van der Waals surface area contributed by atoms with Crippen LogP contribution in [0.5, 0.6) is 0 Å². The fraction of sp³-hybridized carbons (Fsp3) is 0.567. The molecule has 0 saturated carbocycles. The Balaban J connectivity index is 1.10. The number of sulfone groups is 1. The Morgan fingerprint density at radius 1 is 0.881 bits per heavy atom. The zero-order valence-electron chi connectivity index (χ0n) is 24.5. The lowest BCUT2D eigenvalue weighted by Gasteiger charge is -2.37. The van der Waals surface area contributed by atoms with Crippen LogP contribution in [0.2, 0.25) is 0 Å². The summed E-state index contributed by atoms with van der Waals surface area (Å²) >= 11 is 0. The van der Waals surface area contributed by atoms with E-state index in [2.05, 4.69) is 44.6 Å². The summed E-state index contributed by atoms with van der Waals surface area (Å²) in [5.41, 5.74) is 2.08. The van der Waals surface area contributed by atoms with Crippen LogP contribution < -0.4 is 0 Å². The summed E-state index contributed by atoms with van der Waals surface area (Å²) in [7, 11) is -4.81. The van der Waals surface area contributed by atoms with Crippen molar-refractivity contribution in [3.8, 4) is 11.4 Å².